The maximum Gasteiger partial charge on any atom is 0.0701 e. The maximum absolute atomic E-state index is 4.54. The molecule has 4 heteroatoms. The Labute approximate surface area is 131 Å². The van der Waals surface area contributed by atoms with Crippen molar-refractivity contribution in [3.8, 4) is 0 Å². The van der Waals surface area contributed by atoms with Crippen LogP contribution in [-0.2, 0) is 0 Å². The Morgan fingerprint density at radius 1 is 1.35 bits per heavy atom. The van der Waals surface area contributed by atoms with Crippen molar-refractivity contribution in [3.05, 3.63) is 16.4 Å². The van der Waals surface area contributed by atoms with Crippen LogP contribution in [0.3, 0.4) is 0 Å². The zero-order valence-electron chi connectivity index (χ0n) is 13.2. The molecule has 1 fully saturated rings. The first-order valence-corrected chi connectivity index (χ1v) is 8.77. The summed E-state index contributed by atoms with van der Waals surface area (Å²) >= 11 is 3.70. The second-order valence-corrected chi connectivity index (χ2v) is 7.23. The molecule has 20 heavy (non-hydrogen) atoms. The van der Waals surface area contributed by atoms with Crippen molar-refractivity contribution >= 4 is 15.9 Å². The maximum atomic E-state index is 4.54. The minimum absolute atomic E-state index is 0.402. The van der Waals surface area contributed by atoms with Crippen LogP contribution in [0.25, 0.3) is 0 Å². The van der Waals surface area contributed by atoms with E-state index in [-0.39, 0.29) is 0 Å². The van der Waals surface area contributed by atoms with Crippen LogP contribution < -0.4 is 5.32 Å². The van der Waals surface area contributed by atoms with Gasteiger partial charge in [0.25, 0.3) is 0 Å². The van der Waals surface area contributed by atoms with Crippen LogP contribution in [0.15, 0.2) is 10.7 Å². The van der Waals surface area contributed by atoms with Gasteiger partial charge in [0.05, 0.1) is 22.4 Å². The van der Waals surface area contributed by atoms with Gasteiger partial charge in [0, 0.05) is 6.04 Å². The highest BCUT2D eigenvalue weighted by Gasteiger charge is 2.31. The minimum Gasteiger partial charge on any atom is -0.311 e. The molecule has 1 aliphatic rings. The number of rotatable bonds is 5. The van der Waals surface area contributed by atoms with Crippen molar-refractivity contribution in [2.75, 3.05) is 7.05 Å². The molecule has 0 bridgehead atoms. The van der Waals surface area contributed by atoms with E-state index in [0.717, 1.165) is 16.3 Å². The number of hydrogen-bond acceptors (Lipinski definition) is 2. The molecule has 0 aromatic carbocycles. The Bertz CT molecular complexity index is 419. The average Bonchev–Trinajstić information content (AvgIpc) is 2.83. The van der Waals surface area contributed by atoms with Crippen molar-refractivity contribution in [1.82, 2.24) is 15.1 Å². The van der Waals surface area contributed by atoms with Gasteiger partial charge in [-0.3, -0.25) is 4.68 Å². The molecule has 114 valence electrons. The van der Waals surface area contributed by atoms with Crippen LogP contribution in [0.4, 0.5) is 0 Å². The zero-order valence-corrected chi connectivity index (χ0v) is 14.8. The third kappa shape index (κ3) is 3.28. The molecule has 2 rings (SSSR count). The van der Waals surface area contributed by atoms with Crippen molar-refractivity contribution in [3.63, 3.8) is 0 Å². The molecular formula is C16H28BrN3. The van der Waals surface area contributed by atoms with E-state index < -0.39 is 0 Å². The van der Waals surface area contributed by atoms with Gasteiger partial charge >= 0.3 is 0 Å². The van der Waals surface area contributed by atoms with Crippen LogP contribution in [0.2, 0.25) is 0 Å². The fraction of sp³-hybridized carbons (Fsp3) is 0.812. The van der Waals surface area contributed by atoms with Gasteiger partial charge in [-0.1, -0.05) is 26.2 Å². The minimum atomic E-state index is 0.402. The number of nitrogens with one attached hydrogen (secondary N) is 1. The summed E-state index contributed by atoms with van der Waals surface area (Å²) in [7, 11) is 2.08. The van der Waals surface area contributed by atoms with Crippen LogP contribution >= 0.6 is 15.9 Å². The highest BCUT2D eigenvalue weighted by molar-refractivity contribution is 9.10. The van der Waals surface area contributed by atoms with Gasteiger partial charge in [0.1, 0.15) is 0 Å². The monoisotopic (exact) mass is 341 g/mol. The van der Waals surface area contributed by atoms with E-state index in [1.54, 1.807) is 0 Å². The van der Waals surface area contributed by atoms with Gasteiger partial charge < -0.3 is 5.32 Å². The molecule has 0 radical (unpaired) electrons. The van der Waals surface area contributed by atoms with Crippen molar-refractivity contribution in [1.29, 1.82) is 0 Å². The molecular weight excluding hydrogens is 314 g/mol. The van der Waals surface area contributed by atoms with E-state index in [1.165, 1.54) is 37.8 Å². The molecule has 1 aromatic heterocycles. The number of aromatic nitrogens is 2. The van der Waals surface area contributed by atoms with Gasteiger partial charge in [0.2, 0.25) is 0 Å². The van der Waals surface area contributed by atoms with Crippen LogP contribution in [0.5, 0.6) is 0 Å². The summed E-state index contributed by atoms with van der Waals surface area (Å²) in [5.41, 5.74) is 1.32. The molecule has 1 N–H and O–H groups in total. The average molecular weight is 342 g/mol. The molecule has 1 aliphatic carbocycles. The first-order valence-electron chi connectivity index (χ1n) is 7.98. The van der Waals surface area contributed by atoms with E-state index in [9.17, 15) is 0 Å². The van der Waals surface area contributed by atoms with Gasteiger partial charge in [-0.2, -0.15) is 5.10 Å². The Morgan fingerprint density at radius 2 is 2.00 bits per heavy atom. The zero-order chi connectivity index (χ0) is 14.7. The lowest BCUT2D eigenvalue weighted by Crippen LogP contribution is -2.31. The highest BCUT2D eigenvalue weighted by Crippen LogP contribution is 2.40. The number of nitrogens with zero attached hydrogens (tertiary/aromatic N) is 2. The molecule has 3 nitrogen and oxygen atoms in total. The Hall–Kier alpha value is -0.350. The first-order chi connectivity index (χ1) is 9.58. The molecule has 0 saturated heterocycles. The van der Waals surface area contributed by atoms with Gasteiger partial charge in [-0.25, -0.2) is 0 Å². The molecule has 0 amide bonds. The van der Waals surface area contributed by atoms with E-state index in [4.69, 9.17) is 0 Å². The van der Waals surface area contributed by atoms with Crippen LogP contribution in [-0.4, -0.2) is 16.8 Å². The molecule has 0 spiro atoms. The lowest BCUT2D eigenvalue weighted by Gasteiger charge is -2.34. The first kappa shape index (κ1) is 16.0. The summed E-state index contributed by atoms with van der Waals surface area (Å²) in [5, 5.41) is 8.09. The van der Waals surface area contributed by atoms with Gasteiger partial charge in [0.15, 0.2) is 0 Å². The Kier molecular flexibility index (Phi) is 5.67. The van der Waals surface area contributed by atoms with E-state index in [1.807, 2.05) is 6.20 Å². The summed E-state index contributed by atoms with van der Waals surface area (Å²) < 4.78 is 3.31. The summed E-state index contributed by atoms with van der Waals surface area (Å²) in [4.78, 5) is 0. The molecule has 1 aromatic rings. The lowest BCUT2D eigenvalue weighted by atomic mass is 9.77. The second kappa shape index (κ2) is 7.08. The lowest BCUT2D eigenvalue weighted by molar-refractivity contribution is 0.216. The van der Waals surface area contributed by atoms with Crippen molar-refractivity contribution in [2.45, 2.75) is 65.0 Å². The van der Waals surface area contributed by atoms with E-state index in [2.05, 4.69) is 58.8 Å². The highest BCUT2D eigenvalue weighted by atomic mass is 79.9. The van der Waals surface area contributed by atoms with Crippen molar-refractivity contribution < 1.29 is 0 Å². The summed E-state index contributed by atoms with van der Waals surface area (Å²) in [6.45, 7) is 6.72. The predicted molar refractivity (Wildman–Crippen MR) is 87.9 cm³/mol. The Morgan fingerprint density at radius 3 is 2.50 bits per heavy atom. The molecule has 1 unspecified atom stereocenters. The molecule has 1 heterocycles. The standard InChI is InChI=1S/C16H28BrN3/c1-5-12-6-8-13(9-7-12)15(18-4)16-14(17)10-19-20(16)11(2)3/h10-13,15,18H,5-9H2,1-4H3. The quantitative estimate of drug-likeness (QED) is 0.840. The third-order valence-corrected chi connectivity index (χ3v) is 5.43. The topological polar surface area (TPSA) is 29.9 Å². The fourth-order valence-electron chi connectivity index (χ4n) is 3.58. The normalized spacial score (nSPS) is 25.1. The largest absolute Gasteiger partial charge is 0.311 e. The third-order valence-electron chi connectivity index (χ3n) is 4.82. The van der Waals surface area contributed by atoms with E-state index in [0.29, 0.717) is 12.1 Å². The second-order valence-electron chi connectivity index (χ2n) is 6.37. The summed E-state index contributed by atoms with van der Waals surface area (Å²) in [6, 6.07) is 0.811. The predicted octanol–water partition coefficient (Wildman–Crippen LogP) is 4.70. The van der Waals surface area contributed by atoms with E-state index >= 15 is 0 Å². The summed E-state index contributed by atoms with van der Waals surface area (Å²) in [5.74, 6) is 1.68. The van der Waals surface area contributed by atoms with Gasteiger partial charge in [-0.05, 0) is 61.5 Å². The molecule has 1 saturated carbocycles. The fourth-order valence-corrected chi connectivity index (χ4v) is 4.10. The van der Waals surface area contributed by atoms with Crippen molar-refractivity contribution in [2.24, 2.45) is 11.8 Å². The van der Waals surface area contributed by atoms with Crippen LogP contribution in [0, 0.1) is 11.8 Å². The SMILES string of the molecule is CCC1CCC(C(NC)c2c(Br)cnn2C(C)C)CC1. The Balaban J connectivity index is 2.18. The summed E-state index contributed by atoms with van der Waals surface area (Å²) in [6.07, 6.45) is 8.71. The smallest absolute Gasteiger partial charge is 0.0701 e. The number of hydrogen-bond donors (Lipinski definition) is 1. The van der Waals surface area contributed by atoms with Gasteiger partial charge in [-0.15, -0.1) is 0 Å². The molecule has 1 atom stereocenters. The van der Waals surface area contributed by atoms with Crippen LogP contribution in [0.1, 0.15) is 70.7 Å². The molecule has 0 aliphatic heterocycles. The number of halogens is 1.